The zero-order valence-electron chi connectivity index (χ0n) is 15.0. The van der Waals surface area contributed by atoms with Crippen LogP contribution in [0.3, 0.4) is 0 Å². The summed E-state index contributed by atoms with van der Waals surface area (Å²) in [6.07, 6.45) is 3.26. The fraction of sp³-hybridized carbons (Fsp3) is 0.0870. The Labute approximate surface area is 164 Å². The molecule has 0 aromatic heterocycles. The standard InChI is InChI=1S/C23H20ClNO2/c1-17-21(24)8-5-9-22(17)25-23(26)15-12-18-10-13-20(14-11-18)27-16-19-6-3-2-4-7-19/h2-15H,16H2,1H3,(H,25,26). The third kappa shape index (κ3) is 5.47. The number of anilines is 1. The Hall–Kier alpha value is -3.04. The van der Waals surface area contributed by atoms with Gasteiger partial charge in [0.2, 0.25) is 5.91 Å². The smallest absolute Gasteiger partial charge is 0.248 e. The van der Waals surface area contributed by atoms with Crippen LogP contribution in [-0.2, 0) is 11.4 Å². The van der Waals surface area contributed by atoms with Crippen LogP contribution in [0.2, 0.25) is 5.02 Å². The van der Waals surface area contributed by atoms with E-state index in [4.69, 9.17) is 16.3 Å². The van der Waals surface area contributed by atoms with Crippen molar-refractivity contribution >= 4 is 29.3 Å². The van der Waals surface area contributed by atoms with Crippen molar-refractivity contribution in [2.45, 2.75) is 13.5 Å². The Morgan fingerprint density at radius 1 is 1.00 bits per heavy atom. The quantitative estimate of drug-likeness (QED) is 0.545. The molecule has 136 valence electrons. The summed E-state index contributed by atoms with van der Waals surface area (Å²) >= 11 is 6.07. The van der Waals surface area contributed by atoms with Crippen LogP contribution in [0.15, 0.2) is 78.9 Å². The highest BCUT2D eigenvalue weighted by Gasteiger charge is 2.04. The van der Waals surface area contributed by atoms with E-state index in [2.05, 4.69) is 5.32 Å². The molecule has 0 saturated carbocycles. The first-order valence-corrected chi connectivity index (χ1v) is 9.00. The van der Waals surface area contributed by atoms with Gasteiger partial charge in [0.25, 0.3) is 0 Å². The van der Waals surface area contributed by atoms with E-state index in [9.17, 15) is 4.79 Å². The molecule has 0 unspecified atom stereocenters. The SMILES string of the molecule is Cc1c(Cl)cccc1NC(=O)C=Cc1ccc(OCc2ccccc2)cc1. The van der Waals surface area contributed by atoms with E-state index < -0.39 is 0 Å². The summed E-state index contributed by atoms with van der Waals surface area (Å²) in [6, 6.07) is 23.0. The lowest BCUT2D eigenvalue weighted by Crippen LogP contribution is -2.08. The molecule has 0 aliphatic heterocycles. The highest BCUT2D eigenvalue weighted by atomic mass is 35.5. The van der Waals surface area contributed by atoms with E-state index in [0.29, 0.717) is 17.3 Å². The van der Waals surface area contributed by atoms with Crippen LogP contribution in [0.5, 0.6) is 5.75 Å². The minimum absolute atomic E-state index is 0.204. The monoisotopic (exact) mass is 377 g/mol. The van der Waals surface area contributed by atoms with Crippen LogP contribution < -0.4 is 10.1 Å². The molecule has 27 heavy (non-hydrogen) atoms. The Kier molecular flexibility index (Phi) is 6.29. The zero-order valence-corrected chi connectivity index (χ0v) is 15.7. The van der Waals surface area contributed by atoms with Gasteiger partial charge in [0.15, 0.2) is 0 Å². The molecule has 4 heteroatoms. The Balaban J connectivity index is 1.55. The average Bonchev–Trinajstić information content (AvgIpc) is 2.70. The summed E-state index contributed by atoms with van der Waals surface area (Å²) < 4.78 is 5.76. The molecule has 0 saturated heterocycles. The Morgan fingerprint density at radius 2 is 1.74 bits per heavy atom. The van der Waals surface area contributed by atoms with Crippen LogP contribution in [-0.4, -0.2) is 5.91 Å². The molecule has 3 rings (SSSR count). The summed E-state index contributed by atoms with van der Waals surface area (Å²) in [5.74, 6) is 0.583. The van der Waals surface area contributed by atoms with E-state index in [1.807, 2.05) is 73.7 Å². The molecule has 1 N–H and O–H groups in total. The number of carbonyl (C=O) groups excluding carboxylic acids is 1. The molecule has 0 fully saturated rings. The van der Waals surface area contributed by atoms with Gasteiger partial charge in [-0.25, -0.2) is 0 Å². The average molecular weight is 378 g/mol. The van der Waals surface area contributed by atoms with Gasteiger partial charge >= 0.3 is 0 Å². The summed E-state index contributed by atoms with van der Waals surface area (Å²) in [5.41, 5.74) is 3.59. The number of rotatable bonds is 6. The minimum Gasteiger partial charge on any atom is -0.489 e. The summed E-state index contributed by atoms with van der Waals surface area (Å²) in [4.78, 5) is 12.1. The van der Waals surface area contributed by atoms with E-state index in [0.717, 1.165) is 22.4 Å². The summed E-state index contributed by atoms with van der Waals surface area (Å²) in [5, 5.41) is 3.46. The number of amides is 1. The van der Waals surface area contributed by atoms with Crippen molar-refractivity contribution in [1.82, 2.24) is 0 Å². The predicted molar refractivity (Wildman–Crippen MR) is 111 cm³/mol. The van der Waals surface area contributed by atoms with Crippen LogP contribution in [0.25, 0.3) is 6.08 Å². The van der Waals surface area contributed by atoms with Crippen LogP contribution in [0.4, 0.5) is 5.69 Å². The first-order chi connectivity index (χ1) is 13.1. The fourth-order valence-electron chi connectivity index (χ4n) is 2.51. The molecule has 3 nitrogen and oxygen atoms in total. The van der Waals surface area contributed by atoms with Gasteiger partial charge in [-0.15, -0.1) is 0 Å². The van der Waals surface area contributed by atoms with Crippen molar-refractivity contribution in [3.05, 3.63) is 101 Å². The van der Waals surface area contributed by atoms with Crippen molar-refractivity contribution in [2.75, 3.05) is 5.32 Å². The third-order valence-corrected chi connectivity index (χ3v) is 4.49. The maximum absolute atomic E-state index is 12.1. The van der Waals surface area contributed by atoms with Crippen molar-refractivity contribution in [3.63, 3.8) is 0 Å². The minimum atomic E-state index is -0.204. The van der Waals surface area contributed by atoms with Gasteiger partial charge in [-0.3, -0.25) is 4.79 Å². The maximum Gasteiger partial charge on any atom is 0.248 e. The topological polar surface area (TPSA) is 38.3 Å². The molecule has 0 atom stereocenters. The molecular formula is C23H20ClNO2. The lowest BCUT2D eigenvalue weighted by atomic mass is 10.2. The molecule has 0 aliphatic rings. The highest BCUT2D eigenvalue weighted by Crippen LogP contribution is 2.23. The van der Waals surface area contributed by atoms with Gasteiger partial charge in [0.1, 0.15) is 12.4 Å². The Bertz CT molecular complexity index is 934. The Morgan fingerprint density at radius 3 is 2.48 bits per heavy atom. The number of benzene rings is 3. The van der Waals surface area contributed by atoms with Crippen LogP contribution in [0.1, 0.15) is 16.7 Å². The molecule has 3 aromatic carbocycles. The molecule has 0 spiro atoms. The molecule has 1 amide bonds. The number of carbonyl (C=O) groups is 1. The van der Waals surface area contributed by atoms with Gasteiger partial charge in [0.05, 0.1) is 0 Å². The molecule has 0 heterocycles. The lowest BCUT2D eigenvalue weighted by Gasteiger charge is -2.07. The lowest BCUT2D eigenvalue weighted by molar-refractivity contribution is -0.111. The van der Waals surface area contributed by atoms with Crippen LogP contribution in [0, 0.1) is 6.92 Å². The molecule has 0 bridgehead atoms. The van der Waals surface area contributed by atoms with E-state index in [1.165, 1.54) is 6.08 Å². The maximum atomic E-state index is 12.1. The van der Waals surface area contributed by atoms with Crippen molar-refractivity contribution in [1.29, 1.82) is 0 Å². The van der Waals surface area contributed by atoms with Crippen LogP contribution >= 0.6 is 11.6 Å². The number of ether oxygens (including phenoxy) is 1. The first-order valence-electron chi connectivity index (χ1n) is 8.63. The zero-order chi connectivity index (χ0) is 19.1. The van der Waals surface area contributed by atoms with Crippen molar-refractivity contribution in [2.24, 2.45) is 0 Å². The summed E-state index contributed by atoms with van der Waals surface area (Å²) in [6.45, 7) is 2.40. The fourth-order valence-corrected chi connectivity index (χ4v) is 2.68. The second-order valence-corrected chi connectivity index (χ2v) is 6.49. The van der Waals surface area contributed by atoms with Gasteiger partial charge in [-0.1, -0.05) is 60.1 Å². The number of hydrogen-bond acceptors (Lipinski definition) is 2. The highest BCUT2D eigenvalue weighted by molar-refractivity contribution is 6.31. The van der Waals surface area contributed by atoms with E-state index in [1.54, 1.807) is 12.1 Å². The molecule has 0 radical (unpaired) electrons. The number of halogens is 1. The predicted octanol–water partition coefficient (Wildman–Crippen LogP) is 5.88. The normalized spacial score (nSPS) is 10.7. The number of hydrogen-bond donors (Lipinski definition) is 1. The van der Waals surface area contributed by atoms with Gasteiger partial charge in [-0.2, -0.15) is 0 Å². The van der Waals surface area contributed by atoms with Crippen molar-refractivity contribution < 1.29 is 9.53 Å². The van der Waals surface area contributed by atoms with Gasteiger partial charge < -0.3 is 10.1 Å². The molecule has 0 aliphatic carbocycles. The second-order valence-electron chi connectivity index (χ2n) is 6.08. The second kappa shape index (κ2) is 9.06. The van der Waals surface area contributed by atoms with Gasteiger partial charge in [0, 0.05) is 16.8 Å². The first kappa shape index (κ1) is 18.7. The van der Waals surface area contributed by atoms with E-state index in [-0.39, 0.29) is 5.91 Å². The molecule has 3 aromatic rings. The third-order valence-electron chi connectivity index (χ3n) is 4.08. The van der Waals surface area contributed by atoms with E-state index >= 15 is 0 Å². The largest absolute Gasteiger partial charge is 0.489 e. The van der Waals surface area contributed by atoms with Gasteiger partial charge in [-0.05, 0) is 54.0 Å². The number of nitrogens with one attached hydrogen (secondary N) is 1. The molecular weight excluding hydrogens is 358 g/mol. The van der Waals surface area contributed by atoms with Crippen molar-refractivity contribution in [3.8, 4) is 5.75 Å². The summed E-state index contributed by atoms with van der Waals surface area (Å²) in [7, 11) is 0.